The Bertz CT molecular complexity index is 173. The van der Waals surface area contributed by atoms with Crippen molar-refractivity contribution in [2.24, 2.45) is 0 Å². The fourth-order valence-corrected chi connectivity index (χ4v) is 0.664. The maximum Gasteiger partial charge on any atom is 0.330 e. The minimum Gasteiger partial charge on any atom is -0.478 e. The lowest BCUT2D eigenvalue weighted by Gasteiger charge is -2.06. The molecule has 0 aromatic heterocycles. The number of hydrogen-bond donors (Lipinski definition) is 1. The third kappa shape index (κ3) is 5.92. The Morgan fingerprint density at radius 2 is 2.08 bits per heavy atom. The summed E-state index contributed by atoms with van der Waals surface area (Å²) in [5.74, 6) is -0.851. The molecule has 1 radical (unpaired) electrons. The summed E-state index contributed by atoms with van der Waals surface area (Å²) in [5.41, 5.74) is 0.383. The van der Waals surface area contributed by atoms with Crippen LogP contribution in [0.1, 0.15) is 13.3 Å². The van der Waals surface area contributed by atoms with Gasteiger partial charge in [0.05, 0.1) is 0 Å². The molecule has 0 aliphatic heterocycles. The van der Waals surface area contributed by atoms with Gasteiger partial charge in [0.2, 0.25) is 0 Å². The van der Waals surface area contributed by atoms with Gasteiger partial charge < -0.3 is 10.0 Å². The summed E-state index contributed by atoms with van der Waals surface area (Å²) in [6.07, 6.45) is 4.41. The van der Waals surface area contributed by atoms with Crippen LogP contribution in [0, 0.1) is 6.42 Å². The minimum absolute atomic E-state index is 0.383. The van der Waals surface area contributed by atoms with Gasteiger partial charge in [0.15, 0.2) is 0 Å². The summed E-state index contributed by atoms with van der Waals surface area (Å²) in [5, 5.41) is 8.49. The van der Waals surface area contributed by atoms with E-state index in [4.69, 9.17) is 5.11 Å². The molecule has 0 amide bonds. The van der Waals surface area contributed by atoms with E-state index in [0.717, 1.165) is 13.0 Å². The predicted molar refractivity (Wildman–Crippen MR) is 48.9 cm³/mol. The van der Waals surface area contributed by atoms with Crippen LogP contribution in [-0.4, -0.2) is 36.6 Å². The van der Waals surface area contributed by atoms with Crippen LogP contribution in [0.25, 0.3) is 0 Å². The number of allylic oxidation sites excluding steroid dienone is 1. The van der Waals surface area contributed by atoms with Crippen molar-refractivity contribution in [2.75, 3.05) is 20.6 Å². The fourth-order valence-electron chi connectivity index (χ4n) is 0.664. The molecule has 69 valence electrons. The molecule has 0 heterocycles. The summed E-state index contributed by atoms with van der Waals surface area (Å²) in [6, 6.07) is 0. The van der Waals surface area contributed by atoms with Crippen LogP contribution in [0.15, 0.2) is 11.6 Å². The van der Waals surface area contributed by atoms with Gasteiger partial charge in [-0.2, -0.15) is 0 Å². The second kappa shape index (κ2) is 5.77. The summed E-state index contributed by atoms with van der Waals surface area (Å²) in [6.45, 7) is 2.54. The molecule has 12 heavy (non-hydrogen) atoms. The van der Waals surface area contributed by atoms with E-state index in [2.05, 4.69) is 4.90 Å². The molecule has 0 unspecified atom stereocenters. The molecule has 3 nitrogen and oxygen atoms in total. The number of carboxylic acid groups (broad SMARTS) is 1. The Morgan fingerprint density at radius 1 is 1.50 bits per heavy atom. The van der Waals surface area contributed by atoms with Gasteiger partial charge in [0, 0.05) is 5.57 Å². The van der Waals surface area contributed by atoms with Gasteiger partial charge in [-0.25, -0.2) is 4.79 Å². The van der Waals surface area contributed by atoms with Gasteiger partial charge in [0.1, 0.15) is 0 Å². The van der Waals surface area contributed by atoms with E-state index >= 15 is 0 Å². The maximum absolute atomic E-state index is 10.3. The second-order valence-electron chi connectivity index (χ2n) is 2.98. The molecule has 0 spiro atoms. The fraction of sp³-hybridized carbons (Fsp3) is 0.556. The van der Waals surface area contributed by atoms with Crippen LogP contribution in [-0.2, 0) is 4.79 Å². The summed E-state index contributed by atoms with van der Waals surface area (Å²) in [4.78, 5) is 12.4. The number of nitrogens with zero attached hydrogens (tertiary/aromatic N) is 1. The Balaban J connectivity index is 3.54. The van der Waals surface area contributed by atoms with E-state index in [1.807, 2.05) is 20.5 Å². The number of carboxylic acids is 1. The average Bonchev–Trinajstić information content (AvgIpc) is 1.97. The zero-order valence-electron chi connectivity index (χ0n) is 7.87. The number of unbranched alkanes of at least 4 members (excludes halogenated alkanes) is 1. The first-order chi connectivity index (χ1) is 5.54. The average molecular weight is 170 g/mol. The molecule has 0 saturated heterocycles. The standard InChI is InChI=1S/C9H16NO2/c1-8(9(11)12)6-4-5-7-10(2)3/h4,6H,5,7H2,1-3H3,(H,11,12). The van der Waals surface area contributed by atoms with Crippen LogP contribution in [0.5, 0.6) is 0 Å². The first kappa shape index (κ1) is 11.2. The van der Waals surface area contributed by atoms with Gasteiger partial charge in [0.25, 0.3) is 0 Å². The van der Waals surface area contributed by atoms with Crippen molar-refractivity contribution < 1.29 is 9.90 Å². The molecule has 1 N–H and O–H groups in total. The monoisotopic (exact) mass is 170 g/mol. The zero-order chi connectivity index (χ0) is 9.56. The number of rotatable bonds is 5. The highest BCUT2D eigenvalue weighted by atomic mass is 16.4. The van der Waals surface area contributed by atoms with Gasteiger partial charge in [-0.1, -0.05) is 6.08 Å². The molecular formula is C9H16NO2. The summed E-state index contributed by atoms with van der Waals surface area (Å²) >= 11 is 0. The van der Waals surface area contributed by atoms with Crippen LogP contribution < -0.4 is 0 Å². The molecule has 0 aromatic rings. The van der Waals surface area contributed by atoms with Crippen molar-refractivity contribution in [3.63, 3.8) is 0 Å². The lowest BCUT2D eigenvalue weighted by molar-refractivity contribution is -0.132. The quantitative estimate of drug-likeness (QED) is 0.497. The SMILES string of the molecule is CC(=C[CH]CCN(C)C)C(=O)O. The molecule has 0 fully saturated rings. The largest absolute Gasteiger partial charge is 0.478 e. The molecule has 0 aromatic carbocycles. The molecule has 3 heteroatoms. The summed E-state index contributed by atoms with van der Waals surface area (Å²) < 4.78 is 0. The van der Waals surface area contributed by atoms with Crippen LogP contribution in [0.2, 0.25) is 0 Å². The van der Waals surface area contributed by atoms with E-state index in [-0.39, 0.29) is 0 Å². The highest BCUT2D eigenvalue weighted by molar-refractivity contribution is 5.85. The van der Waals surface area contributed by atoms with Gasteiger partial charge in [-0.05, 0) is 40.4 Å². The molecule has 0 bridgehead atoms. The smallest absolute Gasteiger partial charge is 0.330 e. The Hall–Kier alpha value is -0.830. The normalized spacial score (nSPS) is 12.2. The van der Waals surface area contributed by atoms with Crippen LogP contribution in [0.3, 0.4) is 0 Å². The van der Waals surface area contributed by atoms with E-state index in [0.29, 0.717) is 5.57 Å². The first-order valence-corrected chi connectivity index (χ1v) is 3.92. The van der Waals surface area contributed by atoms with E-state index in [1.54, 1.807) is 13.0 Å². The minimum atomic E-state index is -0.851. The van der Waals surface area contributed by atoms with E-state index in [1.165, 1.54) is 0 Å². The van der Waals surface area contributed by atoms with Crippen molar-refractivity contribution in [3.8, 4) is 0 Å². The van der Waals surface area contributed by atoms with Crippen molar-refractivity contribution in [2.45, 2.75) is 13.3 Å². The number of hydrogen-bond acceptors (Lipinski definition) is 2. The molecular weight excluding hydrogens is 154 g/mol. The van der Waals surface area contributed by atoms with E-state index in [9.17, 15) is 4.79 Å². The second-order valence-corrected chi connectivity index (χ2v) is 2.98. The number of carbonyl (C=O) groups is 1. The van der Waals surface area contributed by atoms with Crippen molar-refractivity contribution >= 4 is 5.97 Å². The predicted octanol–water partition coefficient (Wildman–Crippen LogP) is 1.17. The van der Waals surface area contributed by atoms with E-state index < -0.39 is 5.97 Å². The molecule has 0 saturated carbocycles. The maximum atomic E-state index is 10.3. The topological polar surface area (TPSA) is 40.5 Å². The lowest BCUT2D eigenvalue weighted by atomic mass is 10.2. The molecule has 0 rings (SSSR count). The zero-order valence-corrected chi connectivity index (χ0v) is 7.87. The van der Waals surface area contributed by atoms with Crippen LogP contribution in [0.4, 0.5) is 0 Å². The van der Waals surface area contributed by atoms with Gasteiger partial charge >= 0.3 is 5.97 Å². The molecule has 0 aliphatic carbocycles. The van der Waals surface area contributed by atoms with Crippen LogP contribution >= 0.6 is 0 Å². The highest BCUT2D eigenvalue weighted by Crippen LogP contribution is 1.97. The van der Waals surface area contributed by atoms with Gasteiger partial charge in [-0.15, -0.1) is 0 Å². The highest BCUT2D eigenvalue weighted by Gasteiger charge is 1.97. The van der Waals surface area contributed by atoms with Crippen molar-refractivity contribution in [3.05, 3.63) is 18.1 Å². The van der Waals surface area contributed by atoms with Crippen molar-refractivity contribution in [1.29, 1.82) is 0 Å². The first-order valence-electron chi connectivity index (χ1n) is 3.92. The number of aliphatic carboxylic acids is 1. The third-order valence-corrected chi connectivity index (χ3v) is 1.45. The lowest BCUT2D eigenvalue weighted by Crippen LogP contribution is -2.12. The Labute approximate surface area is 73.7 Å². The van der Waals surface area contributed by atoms with Crippen molar-refractivity contribution in [1.82, 2.24) is 4.90 Å². The van der Waals surface area contributed by atoms with Gasteiger partial charge in [-0.3, -0.25) is 0 Å². The summed E-state index contributed by atoms with van der Waals surface area (Å²) in [7, 11) is 3.98. The Kier molecular flexibility index (Phi) is 5.37. The molecule has 0 aliphatic rings. The Morgan fingerprint density at radius 3 is 2.50 bits per heavy atom. The molecule has 0 atom stereocenters. The third-order valence-electron chi connectivity index (χ3n) is 1.45.